The molecule has 1 saturated heterocycles. The molecule has 2 fully saturated rings. The first kappa shape index (κ1) is 25.0. The second-order valence-corrected chi connectivity index (χ2v) is 10.2. The van der Waals surface area contributed by atoms with Crippen molar-refractivity contribution < 1.29 is 19.1 Å². The Morgan fingerprint density at radius 1 is 1.16 bits per heavy atom. The SMILES string of the molecule is COc1ccc(-c2cc(C(=O)N3CCO[C@]4(CCCC[C@H]4NC(=O)c4cc(C(C)C)[nH]n4)C3)[nH]n2)cc1. The monoisotopic (exact) mass is 506 g/mol. The van der Waals surface area contributed by atoms with E-state index >= 15 is 0 Å². The van der Waals surface area contributed by atoms with Gasteiger partial charge in [0.05, 0.1) is 32.0 Å². The highest BCUT2D eigenvalue weighted by atomic mass is 16.5. The van der Waals surface area contributed by atoms with Gasteiger partial charge in [-0.25, -0.2) is 0 Å². The van der Waals surface area contributed by atoms with E-state index in [-0.39, 0.29) is 23.8 Å². The van der Waals surface area contributed by atoms with Gasteiger partial charge in [0, 0.05) is 17.8 Å². The van der Waals surface area contributed by atoms with Crippen molar-refractivity contribution in [2.45, 2.75) is 57.1 Å². The number of benzene rings is 1. The Bertz CT molecular complexity index is 1250. The molecule has 37 heavy (non-hydrogen) atoms. The first-order valence-corrected chi connectivity index (χ1v) is 12.9. The second-order valence-electron chi connectivity index (χ2n) is 10.2. The third-order valence-electron chi connectivity index (χ3n) is 7.43. The first-order valence-electron chi connectivity index (χ1n) is 12.9. The Balaban J connectivity index is 1.30. The Morgan fingerprint density at radius 2 is 1.97 bits per heavy atom. The molecule has 10 nitrogen and oxygen atoms in total. The van der Waals surface area contributed by atoms with Crippen LogP contribution in [0, 0.1) is 0 Å². The molecule has 2 atom stereocenters. The summed E-state index contributed by atoms with van der Waals surface area (Å²) in [5, 5.41) is 17.6. The van der Waals surface area contributed by atoms with Crippen LogP contribution in [0.2, 0.25) is 0 Å². The summed E-state index contributed by atoms with van der Waals surface area (Å²) in [6, 6.07) is 10.9. The lowest BCUT2D eigenvalue weighted by atomic mass is 9.78. The normalized spacial score (nSPS) is 21.8. The Hall–Kier alpha value is -3.66. The molecule has 2 aliphatic rings. The largest absolute Gasteiger partial charge is 0.497 e. The van der Waals surface area contributed by atoms with E-state index in [1.165, 1.54) is 0 Å². The van der Waals surface area contributed by atoms with Crippen LogP contribution in [0.15, 0.2) is 36.4 Å². The highest BCUT2D eigenvalue weighted by Gasteiger charge is 2.47. The van der Waals surface area contributed by atoms with Gasteiger partial charge in [-0.1, -0.05) is 26.7 Å². The molecule has 10 heteroatoms. The number of aromatic amines is 2. The van der Waals surface area contributed by atoms with Gasteiger partial charge in [-0.15, -0.1) is 0 Å². The van der Waals surface area contributed by atoms with Gasteiger partial charge in [0.15, 0.2) is 0 Å². The van der Waals surface area contributed by atoms with Gasteiger partial charge in [0.2, 0.25) is 0 Å². The van der Waals surface area contributed by atoms with Crippen molar-refractivity contribution in [3.05, 3.63) is 53.5 Å². The molecular weight excluding hydrogens is 472 g/mol. The fourth-order valence-electron chi connectivity index (χ4n) is 5.25. The van der Waals surface area contributed by atoms with Gasteiger partial charge >= 0.3 is 0 Å². The van der Waals surface area contributed by atoms with Gasteiger partial charge in [-0.3, -0.25) is 19.8 Å². The maximum Gasteiger partial charge on any atom is 0.272 e. The van der Waals surface area contributed by atoms with Crippen LogP contribution in [0.3, 0.4) is 0 Å². The van der Waals surface area contributed by atoms with Crippen LogP contribution in [0.25, 0.3) is 11.3 Å². The van der Waals surface area contributed by atoms with E-state index in [9.17, 15) is 9.59 Å². The molecule has 0 unspecified atom stereocenters. The molecule has 1 aromatic carbocycles. The number of carbonyl (C=O) groups is 2. The lowest BCUT2D eigenvalue weighted by Crippen LogP contribution is -2.64. The maximum atomic E-state index is 13.5. The second kappa shape index (κ2) is 10.4. The van der Waals surface area contributed by atoms with Crippen LogP contribution in [0.4, 0.5) is 0 Å². The van der Waals surface area contributed by atoms with Crippen molar-refractivity contribution in [2.75, 3.05) is 26.8 Å². The molecule has 2 amide bonds. The Kier molecular flexibility index (Phi) is 7.01. The minimum absolute atomic E-state index is 0.125. The molecule has 196 valence electrons. The number of hydrogen-bond donors (Lipinski definition) is 3. The van der Waals surface area contributed by atoms with E-state index < -0.39 is 5.60 Å². The molecule has 1 spiro atoms. The van der Waals surface area contributed by atoms with E-state index in [0.717, 1.165) is 42.7 Å². The molecule has 1 aliphatic heterocycles. The van der Waals surface area contributed by atoms with Crippen molar-refractivity contribution in [2.24, 2.45) is 0 Å². The zero-order chi connectivity index (χ0) is 26.0. The smallest absolute Gasteiger partial charge is 0.272 e. The van der Waals surface area contributed by atoms with E-state index in [1.807, 2.05) is 43.0 Å². The highest BCUT2D eigenvalue weighted by molar-refractivity contribution is 5.94. The van der Waals surface area contributed by atoms with Crippen LogP contribution in [-0.2, 0) is 4.74 Å². The Morgan fingerprint density at radius 3 is 2.70 bits per heavy atom. The molecule has 2 aromatic heterocycles. The minimum Gasteiger partial charge on any atom is -0.497 e. The van der Waals surface area contributed by atoms with E-state index in [2.05, 4.69) is 25.7 Å². The fraction of sp³-hybridized carbons (Fsp3) is 0.481. The van der Waals surface area contributed by atoms with Crippen molar-refractivity contribution in [1.82, 2.24) is 30.6 Å². The minimum atomic E-state index is -0.627. The number of hydrogen-bond acceptors (Lipinski definition) is 6. The van der Waals surface area contributed by atoms with Crippen LogP contribution in [-0.4, -0.2) is 75.6 Å². The number of rotatable bonds is 6. The summed E-state index contributed by atoms with van der Waals surface area (Å²) in [6.45, 7) is 5.40. The molecule has 1 saturated carbocycles. The number of H-pyrrole nitrogens is 2. The number of methoxy groups -OCH3 is 1. The summed E-state index contributed by atoms with van der Waals surface area (Å²) >= 11 is 0. The van der Waals surface area contributed by atoms with Crippen molar-refractivity contribution >= 4 is 11.8 Å². The van der Waals surface area contributed by atoms with Crippen LogP contribution < -0.4 is 10.1 Å². The molecule has 5 rings (SSSR count). The zero-order valence-electron chi connectivity index (χ0n) is 21.5. The molecule has 0 radical (unpaired) electrons. The average Bonchev–Trinajstić information content (AvgIpc) is 3.61. The van der Waals surface area contributed by atoms with E-state index in [0.29, 0.717) is 36.8 Å². The third-order valence-corrected chi connectivity index (χ3v) is 7.43. The van der Waals surface area contributed by atoms with Gasteiger partial charge in [-0.2, -0.15) is 10.2 Å². The number of aromatic nitrogens is 4. The average molecular weight is 507 g/mol. The summed E-state index contributed by atoms with van der Waals surface area (Å²) in [5.41, 5.74) is 2.68. The maximum absolute atomic E-state index is 13.5. The van der Waals surface area contributed by atoms with Gasteiger partial charge in [-0.05, 0) is 55.2 Å². The van der Waals surface area contributed by atoms with Crippen molar-refractivity contribution in [3.63, 3.8) is 0 Å². The van der Waals surface area contributed by atoms with Crippen LogP contribution in [0.5, 0.6) is 5.75 Å². The van der Waals surface area contributed by atoms with Crippen molar-refractivity contribution in [1.29, 1.82) is 0 Å². The number of carbonyl (C=O) groups excluding carboxylic acids is 2. The molecule has 1 aliphatic carbocycles. The number of morpholine rings is 1. The Labute approximate surface area is 216 Å². The number of amides is 2. The summed E-state index contributed by atoms with van der Waals surface area (Å²) in [7, 11) is 1.62. The zero-order valence-corrected chi connectivity index (χ0v) is 21.5. The van der Waals surface area contributed by atoms with Gasteiger partial charge in [0.25, 0.3) is 11.8 Å². The fourth-order valence-corrected chi connectivity index (χ4v) is 5.25. The predicted octanol–water partition coefficient (Wildman–Crippen LogP) is 3.52. The summed E-state index contributed by atoms with van der Waals surface area (Å²) in [5.74, 6) is 0.665. The van der Waals surface area contributed by atoms with Gasteiger partial charge in [0.1, 0.15) is 22.7 Å². The summed E-state index contributed by atoms with van der Waals surface area (Å²) < 4.78 is 11.6. The van der Waals surface area contributed by atoms with E-state index in [4.69, 9.17) is 9.47 Å². The topological polar surface area (TPSA) is 125 Å². The molecule has 3 N–H and O–H groups in total. The quantitative estimate of drug-likeness (QED) is 0.470. The summed E-state index contributed by atoms with van der Waals surface area (Å²) in [4.78, 5) is 28.3. The highest BCUT2D eigenvalue weighted by Crippen LogP contribution is 2.35. The number of nitrogens with zero attached hydrogens (tertiary/aromatic N) is 3. The van der Waals surface area contributed by atoms with Crippen molar-refractivity contribution in [3.8, 4) is 17.0 Å². The van der Waals surface area contributed by atoms with E-state index in [1.54, 1.807) is 19.2 Å². The lowest BCUT2D eigenvalue weighted by Gasteiger charge is -2.49. The predicted molar refractivity (Wildman–Crippen MR) is 138 cm³/mol. The number of nitrogens with one attached hydrogen (secondary N) is 3. The summed E-state index contributed by atoms with van der Waals surface area (Å²) in [6.07, 6.45) is 3.55. The lowest BCUT2D eigenvalue weighted by molar-refractivity contribution is -0.132. The molecule has 0 bridgehead atoms. The van der Waals surface area contributed by atoms with Crippen LogP contribution >= 0.6 is 0 Å². The van der Waals surface area contributed by atoms with Gasteiger partial charge < -0.3 is 19.7 Å². The molecule has 3 heterocycles. The standard InChI is InChI=1S/C27H34N6O4/c1-17(2)20-14-22(31-29-20)25(34)28-24-6-4-5-11-27(24)16-33(12-13-37-27)26(35)23-15-21(30-32-23)18-7-9-19(36-3)10-8-18/h7-10,14-15,17,24H,4-6,11-13,16H2,1-3H3,(H,28,34)(H,29,31)(H,30,32)/t24-,27-/m1/s1. The third kappa shape index (κ3) is 5.11. The first-order chi connectivity index (χ1) is 17.9. The molecular formula is C27H34N6O4. The molecule has 3 aromatic rings. The number of ether oxygens (including phenoxy) is 2. The van der Waals surface area contributed by atoms with Crippen LogP contribution in [0.1, 0.15) is 72.1 Å².